The number of hydrogen-bond acceptors (Lipinski definition) is 6. The maximum absolute atomic E-state index is 13.4. The Morgan fingerprint density at radius 2 is 1.82 bits per heavy atom. The number of phenols is 1. The quantitative estimate of drug-likeness (QED) is 0.220. The van der Waals surface area contributed by atoms with Gasteiger partial charge in [0, 0.05) is 30.1 Å². The number of aromatic nitrogens is 1. The van der Waals surface area contributed by atoms with E-state index in [0.717, 1.165) is 22.0 Å². The monoisotopic (exact) mass is 520 g/mol. The molecule has 0 aliphatic carbocycles. The fourth-order valence-electron chi connectivity index (χ4n) is 4.78. The number of H-pyrrole nitrogens is 1. The van der Waals surface area contributed by atoms with Crippen LogP contribution in [0.5, 0.6) is 5.75 Å². The van der Waals surface area contributed by atoms with Crippen molar-refractivity contribution in [3.63, 3.8) is 0 Å². The Kier molecular flexibility index (Phi) is 8.27. The lowest BCUT2D eigenvalue weighted by atomic mass is 10.0. The van der Waals surface area contributed by atoms with Crippen LogP contribution in [0, 0.1) is 0 Å². The van der Waals surface area contributed by atoms with Crippen molar-refractivity contribution < 1.29 is 24.3 Å². The topological polar surface area (TPSA) is 184 Å². The molecule has 4 rings (SSSR count). The molecule has 0 spiro atoms. The third-order valence-electron chi connectivity index (χ3n) is 6.72. The first kappa shape index (κ1) is 26.7. The maximum Gasteiger partial charge on any atom is 0.243 e. The highest BCUT2D eigenvalue weighted by Gasteiger charge is 2.37. The van der Waals surface area contributed by atoms with E-state index in [-0.39, 0.29) is 31.0 Å². The number of fused-ring (bicyclic) bond motifs is 1. The standard InChI is InChI=1S/C27H32N6O5/c28-20(12-16-7-9-18(34)10-8-16)27(38)33-11-3-6-23(33)26(37)32-22(25(36)31-15-24(29)35)13-17-14-30-21-5-2-1-4-19(17)21/h1-2,4-5,7-10,14,20,22-23,30,34H,3,6,11-13,15,28H2,(H2,29,35)(H,31,36)(H,32,37)/t20-,22+,23-/m1/s1. The first-order chi connectivity index (χ1) is 18.2. The lowest BCUT2D eigenvalue weighted by molar-refractivity contribution is -0.140. The molecule has 8 N–H and O–H groups in total. The number of hydrogen-bond donors (Lipinski definition) is 6. The Morgan fingerprint density at radius 1 is 1.08 bits per heavy atom. The van der Waals surface area contributed by atoms with Gasteiger partial charge >= 0.3 is 0 Å². The Hall–Kier alpha value is -4.38. The summed E-state index contributed by atoms with van der Waals surface area (Å²) < 4.78 is 0. The Labute approximate surface area is 219 Å². The molecule has 0 saturated carbocycles. The molecule has 1 fully saturated rings. The van der Waals surface area contributed by atoms with E-state index in [9.17, 15) is 24.3 Å². The van der Waals surface area contributed by atoms with Crippen LogP contribution in [0.25, 0.3) is 10.9 Å². The van der Waals surface area contributed by atoms with Gasteiger partial charge in [0.15, 0.2) is 0 Å². The molecule has 38 heavy (non-hydrogen) atoms. The summed E-state index contributed by atoms with van der Waals surface area (Å²) in [6, 6.07) is 11.4. The van der Waals surface area contributed by atoms with E-state index in [2.05, 4.69) is 15.6 Å². The highest BCUT2D eigenvalue weighted by molar-refractivity contribution is 5.95. The second kappa shape index (κ2) is 11.8. The molecule has 1 aromatic heterocycles. The minimum atomic E-state index is -0.996. The number of aromatic amines is 1. The van der Waals surface area contributed by atoms with Gasteiger partial charge in [0.2, 0.25) is 23.6 Å². The molecule has 1 aliphatic rings. The Bertz CT molecular complexity index is 1320. The summed E-state index contributed by atoms with van der Waals surface area (Å²) in [4.78, 5) is 55.3. The third-order valence-corrected chi connectivity index (χ3v) is 6.72. The van der Waals surface area contributed by atoms with Gasteiger partial charge in [-0.15, -0.1) is 0 Å². The predicted octanol–water partition coefficient (Wildman–Crippen LogP) is 0.0633. The van der Waals surface area contributed by atoms with Gasteiger partial charge in [0.1, 0.15) is 17.8 Å². The van der Waals surface area contributed by atoms with Crippen LogP contribution in [0.2, 0.25) is 0 Å². The van der Waals surface area contributed by atoms with Crippen LogP contribution in [0.15, 0.2) is 54.7 Å². The van der Waals surface area contributed by atoms with Crippen LogP contribution in [-0.4, -0.2) is 69.8 Å². The molecule has 200 valence electrons. The highest BCUT2D eigenvalue weighted by atomic mass is 16.3. The maximum atomic E-state index is 13.4. The Morgan fingerprint density at radius 3 is 2.55 bits per heavy atom. The second-order valence-electron chi connectivity index (χ2n) is 9.48. The first-order valence-corrected chi connectivity index (χ1v) is 12.5. The van der Waals surface area contributed by atoms with Crippen molar-refractivity contribution in [2.24, 2.45) is 11.5 Å². The van der Waals surface area contributed by atoms with Crippen LogP contribution >= 0.6 is 0 Å². The summed E-state index contributed by atoms with van der Waals surface area (Å²) in [6.07, 6.45) is 3.26. The van der Waals surface area contributed by atoms with Crippen molar-refractivity contribution in [1.82, 2.24) is 20.5 Å². The number of amides is 4. The van der Waals surface area contributed by atoms with E-state index < -0.39 is 35.8 Å². The van der Waals surface area contributed by atoms with E-state index >= 15 is 0 Å². The first-order valence-electron chi connectivity index (χ1n) is 12.5. The van der Waals surface area contributed by atoms with Gasteiger partial charge in [-0.1, -0.05) is 30.3 Å². The molecule has 0 bridgehead atoms. The van der Waals surface area contributed by atoms with Crippen LogP contribution in [-0.2, 0) is 32.0 Å². The largest absolute Gasteiger partial charge is 0.508 e. The van der Waals surface area contributed by atoms with E-state index in [1.54, 1.807) is 18.3 Å². The van der Waals surface area contributed by atoms with Gasteiger partial charge in [-0.3, -0.25) is 19.2 Å². The normalized spacial score (nSPS) is 16.7. The van der Waals surface area contributed by atoms with E-state index in [1.165, 1.54) is 17.0 Å². The van der Waals surface area contributed by atoms with Crippen molar-refractivity contribution in [1.29, 1.82) is 0 Å². The number of aromatic hydroxyl groups is 1. The number of rotatable bonds is 10. The van der Waals surface area contributed by atoms with Crippen molar-refractivity contribution >= 4 is 34.5 Å². The number of benzene rings is 2. The second-order valence-corrected chi connectivity index (χ2v) is 9.48. The highest BCUT2D eigenvalue weighted by Crippen LogP contribution is 2.22. The average molecular weight is 521 g/mol. The number of nitrogens with one attached hydrogen (secondary N) is 3. The number of nitrogens with zero attached hydrogens (tertiary/aromatic N) is 1. The number of carbonyl (C=O) groups is 4. The van der Waals surface area contributed by atoms with Crippen molar-refractivity contribution in [3.05, 3.63) is 65.9 Å². The minimum Gasteiger partial charge on any atom is -0.508 e. The number of para-hydroxylation sites is 1. The zero-order chi connectivity index (χ0) is 27.2. The third kappa shape index (κ3) is 6.30. The molecule has 2 heterocycles. The molecule has 0 radical (unpaired) electrons. The van der Waals surface area contributed by atoms with Gasteiger partial charge < -0.3 is 37.1 Å². The molecule has 11 nitrogen and oxygen atoms in total. The molecule has 1 aliphatic heterocycles. The van der Waals surface area contributed by atoms with E-state index in [4.69, 9.17) is 11.5 Å². The zero-order valence-electron chi connectivity index (χ0n) is 20.9. The van der Waals surface area contributed by atoms with Gasteiger partial charge in [-0.2, -0.15) is 0 Å². The summed E-state index contributed by atoms with van der Waals surface area (Å²) in [5.41, 5.74) is 13.9. The molecule has 0 unspecified atom stereocenters. The molecule has 11 heteroatoms. The van der Waals surface area contributed by atoms with Gasteiger partial charge in [0.05, 0.1) is 12.6 Å². The molecular formula is C27H32N6O5. The minimum absolute atomic E-state index is 0.118. The van der Waals surface area contributed by atoms with E-state index in [0.29, 0.717) is 19.4 Å². The summed E-state index contributed by atoms with van der Waals surface area (Å²) in [7, 11) is 0. The average Bonchev–Trinajstić information content (AvgIpc) is 3.55. The van der Waals surface area contributed by atoms with Gasteiger partial charge in [-0.05, 0) is 48.6 Å². The number of phenolic OH excluding ortho intramolecular Hbond substituents is 1. The van der Waals surface area contributed by atoms with Crippen LogP contribution < -0.4 is 22.1 Å². The molecule has 4 amide bonds. The smallest absolute Gasteiger partial charge is 0.243 e. The molecule has 3 aromatic rings. The van der Waals surface area contributed by atoms with Crippen molar-refractivity contribution in [2.75, 3.05) is 13.1 Å². The Balaban J connectivity index is 1.47. The fourth-order valence-corrected chi connectivity index (χ4v) is 4.78. The van der Waals surface area contributed by atoms with Crippen LogP contribution in [0.3, 0.4) is 0 Å². The molecular weight excluding hydrogens is 488 g/mol. The predicted molar refractivity (Wildman–Crippen MR) is 141 cm³/mol. The van der Waals surface area contributed by atoms with Crippen molar-refractivity contribution in [3.8, 4) is 5.75 Å². The van der Waals surface area contributed by atoms with Gasteiger partial charge in [0.25, 0.3) is 0 Å². The van der Waals surface area contributed by atoms with Crippen molar-refractivity contribution in [2.45, 2.75) is 43.8 Å². The van der Waals surface area contributed by atoms with Crippen LogP contribution in [0.4, 0.5) is 0 Å². The number of primary amides is 1. The lowest BCUT2D eigenvalue weighted by Gasteiger charge is -2.28. The molecule has 1 saturated heterocycles. The lowest BCUT2D eigenvalue weighted by Crippen LogP contribution is -2.56. The molecule has 3 atom stereocenters. The van der Waals surface area contributed by atoms with Crippen LogP contribution in [0.1, 0.15) is 24.0 Å². The summed E-state index contributed by atoms with van der Waals surface area (Å²) in [5, 5.41) is 15.6. The number of carbonyl (C=O) groups excluding carboxylic acids is 4. The number of likely N-dealkylation sites (tertiary alicyclic amines) is 1. The fraction of sp³-hybridized carbons (Fsp3) is 0.333. The number of nitrogens with two attached hydrogens (primary N) is 2. The van der Waals surface area contributed by atoms with Gasteiger partial charge in [-0.25, -0.2) is 0 Å². The SMILES string of the molecule is NC(=O)CNC(=O)[C@H](Cc1c[nH]c2ccccc12)NC(=O)[C@H]1CCCN1C(=O)[C@H](N)Cc1ccc(O)cc1. The summed E-state index contributed by atoms with van der Waals surface area (Å²) >= 11 is 0. The van der Waals surface area contributed by atoms with E-state index in [1.807, 2.05) is 24.3 Å². The summed E-state index contributed by atoms with van der Waals surface area (Å²) in [6.45, 7) is 0.0143. The molecule has 2 aromatic carbocycles. The zero-order valence-corrected chi connectivity index (χ0v) is 20.9. The summed E-state index contributed by atoms with van der Waals surface area (Å²) in [5.74, 6) is -1.96.